The molecule has 0 spiro atoms. The number of phenolic OH excluding ortho intramolecular Hbond substituents is 1. The van der Waals surface area contributed by atoms with E-state index in [1.807, 2.05) is 20.8 Å². The van der Waals surface area contributed by atoms with Crippen LogP contribution < -0.4 is 5.32 Å². The Bertz CT molecular complexity index is 683. The van der Waals surface area contributed by atoms with Gasteiger partial charge in [-0.15, -0.1) is 0 Å². The summed E-state index contributed by atoms with van der Waals surface area (Å²) in [6.45, 7) is 10.3. The van der Waals surface area contributed by atoms with Crippen molar-refractivity contribution in [1.29, 1.82) is 0 Å². The monoisotopic (exact) mass is 404 g/mol. The van der Waals surface area contributed by atoms with Gasteiger partial charge in [0.05, 0.1) is 17.4 Å². The number of alkyl halides is 3. The van der Waals surface area contributed by atoms with E-state index in [1.165, 1.54) is 7.05 Å². The van der Waals surface area contributed by atoms with Gasteiger partial charge in [0, 0.05) is 18.3 Å². The van der Waals surface area contributed by atoms with Crippen LogP contribution >= 0.6 is 11.6 Å². The first-order valence-electron chi connectivity index (χ1n) is 8.79. The maximum Gasteiger partial charge on any atom is 0.418 e. The number of aryl methyl sites for hydroxylation is 1. The molecule has 152 valence electrons. The Balaban J connectivity index is 0.000000460. The van der Waals surface area contributed by atoms with Crippen LogP contribution in [0.5, 0.6) is 5.75 Å². The van der Waals surface area contributed by atoms with Crippen LogP contribution in [0, 0.1) is 6.92 Å². The summed E-state index contributed by atoms with van der Waals surface area (Å²) in [5, 5.41) is 12.4. The van der Waals surface area contributed by atoms with Gasteiger partial charge >= 0.3 is 6.18 Å². The van der Waals surface area contributed by atoms with Crippen LogP contribution in [0.15, 0.2) is 30.6 Å². The molecular weight excluding hydrogens is 377 g/mol. The Morgan fingerprint density at radius 3 is 2.26 bits per heavy atom. The van der Waals surface area contributed by atoms with Crippen LogP contribution in [0.1, 0.15) is 56.7 Å². The van der Waals surface area contributed by atoms with Crippen LogP contribution in [0.2, 0.25) is 5.02 Å². The second-order valence-electron chi connectivity index (χ2n) is 5.64. The minimum absolute atomic E-state index is 0.00926. The number of nitrogens with zero attached hydrogens (tertiary/aromatic N) is 1. The summed E-state index contributed by atoms with van der Waals surface area (Å²) in [4.78, 5) is 3.57. The standard InChI is InChI=1S/C11H15ClO.C7H7F3N2.C2H6/c1-4-7(2)11-8(3)5-9(13)6-10(11)12;1-11-6-4-12-3-2-5(6)7(8,9)10;1-2/h5-7,13H,4H2,1-3H3;2-4,11H,1H3;1-2H3. The van der Waals surface area contributed by atoms with E-state index in [1.54, 1.807) is 12.1 Å². The first-order chi connectivity index (χ1) is 12.6. The number of benzene rings is 1. The summed E-state index contributed by atoms with van der Waals surface area (Å²) in [6, 6.07) is 4.30. The van der Waals surface area contributed by atoms with Crippen molar-refractivity contribution < 1.29 is 18.3 Å². The maximum absolute atomic E-state index is 12.2. The summed E-state index contributed by atoms with van der Waals surface area (Å²) >= 11 is 6.05. The molecule has 0 aliphatic heterocycles. The van der Waals surface area contributed by atoms with E-state index in [0.717, 1.165) is 36.0 Å². The first-order valence-corrected chi connectivity index (χ1v) is 9.17. The molecule has 0 aliphatic rings. The normalized spacial score (nSPS) is 11.5. The SMILES string of the molecule is CC.CCC(C)c1c(C)cc(O)cc1Cl.CNc1cnccc1C(F)(F)F. The molecule has 2 rings (SSSR count). The zero-order valence-electron chi connectivity index (χ0n) is 16.6. The summed E-state index contributed by atoms with van der Waals surface area (Å²) < 4.78 is 36.5. The molecule has 0 saturated carbocycles. The van der Waals surface area contributed by atoms with Crippen molar-refractivity contribution in [1.82, 2.24) is 4.98 Å². The number of rotatable bonds is 3. The summed E-state index contributed by atoms with van der Waals surface area (Å²) in [6.07, 6.45) is -1.00. The van der Waals surface area contributed by atoms with Gasteiger partial charge in [0.25, 0.3) is 0 Å². The third-order valence-electron chi connectivity index (χ3n) is 3.82. The molecule has 1 heterocycles. The van der Waals surface area contributed by atoms with Gasteiger partial charge in [0.2, 0.25) is 0 Å². The Morgan fingerprint density at radius 2 is 1.85 bits per heavy atom. The third-order valence-corrected chi connectivity index (χ3v) is 4.13. The second-order valence-corrected chi connectivity index (χ2v) is 6.04. The number of pyridine rings is 1. The summed E-state index contributed by atoms with van der Waals surface area (Å²) in [7, 11) is 1.42. The molecule has 7 heteroatoms. The lowest BCUT2D eigenvalue weighted by Crippen LogP contribution is -2.08. The van der Waals surface area contributed by atoms with E-state index in [2.05, 4.69) is 24.1 Å². The molecular formula is C20H28ClF3N2O. The molecule has 1 aromatic carbocycles. The topological polar surface area (TPSA) is 45.1 Å². The quantitative estimate of drug-likeness (QED) is 0.576. The molecule has 0 radical (unpaired) electrons. The molecule has 0 saturated heterocycles. The zero-order chi connectivity index (χ0) is 21.2. The maximum atomic E-state index is 12.2. The van der Waals surface area contributed by atoms with Crippen molar-refractivity contribution in [3.8, 4) is 5.75 Å². The fourth-order valence-corrected chi connectivity index (χ4v) is 2.85. The molecule has 0 amide bonds. The Hall–Kier alpha value is -1.95. The fraction of sp³-hybridized carbons (Fsp3) is 0.450. The van der Waals surface area contributed by atoms with E-state index in [-0.39, 0.29) is 11.4 Å². The van der Waals surface area contributed by atoms with Crippen molar-refractivity contribution >= 4 is 17.3 Å². The van der Waals surface area contributed by atoms with Crippen LogP contribution in [-0.4, -0.2) is 17.1 Å². The zero-order valence-corrected chi connectivity index (χ0v) is 17.3. The number of aromatic hydroxyl groups is 1. The highest BCUT2D eigenvalue weighted by molar-refractivity contribution is 6.31. The van der Waals surface area contributed by atoms with E-state index in [4.69, 9.17) is 11.6 Å². The average molecular weight is 405 g/mol. The first kappa shape index (κ1) is 25.1. The largest absolute Gasteiger partial charge is 0.508 e. The number of nitrogens with one attached hydrogen (secondary N) is 1. The molecule has 2 aromatic rings. The van der Waals surface area contributed by atoms with Gasteiger partial charge in [-0.05, 0) is 48.6 Å². The lowest BCUT2D eigenvalue weighted by molar-refractivity contribution is -0.137. The van der Waals surface area contributed by atoms with Gasteiger partial charge < -0.3 is 10.4 Å². The second kappa shape index (κ2) is 11.7. The third kappa shape index (κ3) is 7.67. The van der Waals surface area contributed by atoms with Crippen LogP contribution in [0.25, 0.3) is 0 Å². The highest BCUT2D eigenvalue weighted by Crippen LogP contribution is 2.34. The van der Waals surface area contributed by atoms with Gasteiger partial charge in [-0.1, -0.05) is 39.3 Å². The van der Waals surface area contributed by atoms with Crippen LogP contribution in [0.4, 0.5) is 18.9 Å². The molecule has 1 unspecified atom stereocenters. The Kier molecular flexibility index (Phi) is 10.9. The molecule has 2 N–H and O–H groups in total. The number of hydrogen-bond acceptors (Lipinski definition) is 3. The molecule has 1 aromatic heterocycles. The van der Waals surface area contributed by atoms with Crippen molar-refractivity contribution in [3.05, 3.63) is 52.3 Å². The highest BCUT2D eigenvalue weighted by atomic mass is 35.5. The van der Waals surface area contributed by atoms with E-state index >= 15 is 0 Å². The lowest BCUT2D eigenvalue weighted by atomic mass is 9.94. The highest BCUT2D eigenvalue weighted by Gasteiger charge is 2.33. The van der Waals surface area contributed by atoms with Gasteiger partial charge in [0.1, 0.15) is 5.75 Å². The number of aromatic nitrogens is 1. The smallest absolute Gasteiger partial charge is 0.418 e. The van der Waals surface area contributed by atoms with Crippen LogP contribution in [-0.2, 0) is 6.18 Å². The van der Waals surface area contributed by atoms with E-state index < -0.39 is 11.7 Å². The predicted octanol–water partition coefficient (Wildman–Crippen LogP) is 7.04. The number of phenols is 1. The number of anilines is 1. The summed E-state index contributed by atoms with van der Waals surface area (Å²) in [5.74, 6) is 0.697. The lowest BCUT2D eigenvalue weighted by Gasteiger charge is -2.14. The van der Waals surface area contributed by atoms with Crippen molar-refractivity contribution in [3.63, 3.8) is 0 Å². The van der Waals surface area contributed by atoms with Crippen LogP contribution in [0.3, 0.4) is 0 Å². The van der Waals surface area contributed by atoms with E-state index in [0.29, 0.717) is 10.9 Å². The number of halogens is 4. The minimum Gasteiger partial charge on any atom is -0.508 e. The fourth-order valence-electron chi connectivity index (χ4n) is 2.41. The molecule has 27 heavy (non-hydrogen) atoms. The van der Waals surface area contributed by atoms with Crippen molar-refractivity contribution in [2.75, 3.05) is 12.4 Å². The number of hydrogen-bond donors (Lipinski definition) is 2. The van der Waals surface area contributed by atoms with Gasteiger partial charge in [0.15, 0.2) is 0 Å². The molecule has 0 bridgehead atoms. The van der Waals surface area contributed by atoms with Gasteiger partial charge in [-0.2, -0.15) is 13.2 Å². The molecule has 3 nitrogen and oxygen atoms in total. The molecule has 0 aliphatic carbocycles. The van der Waals surface area contributed by atoms with Gasteiger partial charge in [-0.3, -0.25) is 4.98 Å². The summed E-state index contributed by atoms with van der Waals surface area (Å²) in [5.41, 5.74) is 1.52. The molecule has 0 fully saturated rings. The Morgan fingerprint density at radius 1 is 1.26 bits per heavy atom. The average Bonchev–Trinajstić information content (AvgIpc) is 2.62. The van der Waals surface area contributed by atoms with Crippen molar-refractivity contribution in [2.24, 2.45) is 0 Å². The predicted molar refractivity (Wildman–Crippen MR) is 107 cm³/mol. The van der Waals surface area contributed by atoms with E-state index in [9.17, 15) is 18.3 Å². The minimum atomic E-state index is -4.32. The Labute approximate surface area is 164 Å². The van der Waals surface area contributed by atoms with Gasteiger partial charge in [-0.25, -0.2) is 0 Å². The van der Waals surface area contributed by atoms with Crippen molar-refractivity contribution in [2.45, 2.75) is 53.1 Å². The molecule has 1 atom stereocenters.